The molecular weight excluding hydrogens is 412 g/mol. The Bertz CT molecular complexity index is 1240. The maximum Gasteiger partial charge on any atom is 0.118 e. The van der Waals surface area contributed by atoms with Gasteiger partial charge in [-0.2, -0.15) is 0 Å². The third kappa shape index (κ3) is 3.83. The lowest BCUT2D eigenvalue weighted by atomic mass is 10.1. The molecule has 0 fully saturated rings. The summed E-state index contributed by atoms with van der Waals surface area (Å²) >= 11 is 0. The summed E-state index contributed by atoms with van der Waals surface area (Å²) in [5, 5.41) is 3.38. The van der Waals surface area contributed by atoms with Crippen LogP contribution < -0.4 is 0 Å². The molecule has 0 amide bonds. The van der Waals surface area contributed by atoms with Crippen LogP contribution in [0.4, 0.5) is 0 Å². The second-order valence-corrected chi connectivity index (χ2v) is 13.7. The molecule has 2 aliphatic carbocycles. The molecule has 4 aromatic carbocycles. The van der Waals surface area contributed by atoms with Crippen molar-refractivity contribution in [3.05, 3.63) is 153 Å². The first kappa shape index (κ1) is 20.2. The SMILES string of the molecule is C1=C([Si](Cc2ccccc2)(Cc2ccccc2)C2=Cc3ccccc3C2)Cc2ccccc21. The minimum Gasteiger partial charge on any atom is -0.0703 e. The molecule has 33 heavy (non-hydrogen) atoms. The Balaban J connectivity index is 1.53. The smallest absolute Gasteiger partial charge is 0.0703 e. The molecule has 0 nitrogen and oxygen atoms in total. The van der Waals surface area contributed by atoms with Gasteiger partial charge in [-0.25, -0.2) is 0 Å². The van der Waals surface area contributed by atoms with E-state index < -0.39 is 8.07 Å². The standard InChI is InChI=1S/C32H28Si/c1-3-11-25(12-4-1)23-33(24-26-13-5-2-6-14-26,31-19-27-15-7-8-16-28(27)20-31)32-21-29-17-9-10-18-30(29)22-32/h1-19,21H,20,22-24H2. The summed E-state index contributed by atoms with van der Waals surface area (Å²) in [5.41, 5.74) is 8.74. The molecule has 0 radical (unpaired) electrons. The zero-order valence-corrected chi connectivity index (χ0v) is 19.9. The van der Waals surface area contributed by atoms with Gasteiger partial charge < -0.3 is 0 Å². The average molecular weight is 441 g/mol. The zero-order valence-electron chi connectivity index (χ0n) is 18.9. The molecule has 0 atom stereocenters. The van der Waals surface area contributed by atoms with E-state index in [2.05, 4.69) is 121 Å². The predicted octanol–water partition coefficient (Wildman–Crippen LogP) is 7.36. The summed E-state index contributed by atoms with van der Waals surface area (Å²) in [7, 11) is -2.08. The number of benzene rings is 4. The van der Waals surface area contributed by atoms with Crippen LogP contribution in [0.15, 0.2) is 120 Å². The average Bonchev–Trinajstić information content (AvgIpc) is 3.50. The molecule has 0 N–H and O–H groups in total. The van der Waals surface area contributed by atoms with Gasteiger partial charge in [0.15, 0.2) is 0 Å². The summed E-state index contributed by atoms with van der Waals surface area (Å²) in [5.74, 6) is 0. The van der Waals surface area contributed by atoms with Gasteiger partial charge in [0.2, 0.25) is 0 Å². The lowest BCUT2D eigenvalue weighted by Crippen LogP contribution is -2.46. The van der Waals surface area contributed by atoms with E-state index >= 15 is 0 Å². The molecule has 160 valence electrons. The Kier molecular flexibility index (Phi) is 5.20. The first-order chi connectivity index (χ1) is 16.3. The highest BCUT2D eigenvalue weighted by Gasteiger charge is 2.43. The number of hydrogen-bond acceptors (Lipinski definition) is 0. The van der Waals surface area contributed by atoms with E-state index in [-0.39, 0.29) is 0 Å². The third-order valence-electron chi connectivity index (χ3n) is 7.46. The second-order valence-electron chi connectivity index (χ2n) is 9.50. The molecule has 6 rings (SSSR count). The van der Waals surface area contributed by atoms with Gasteiger partial charge in [0.05, 0.1) is 0 Å². The second kappa shape index (κ2) is 8.50. The van der Waals surface area contributed by atoms with Crippen LogP contribution in [0, 0.1) is 0 Å². The van der Waals surface area contributed by atoms with Crippen molar-refractivity contribution in [2.45, 2.75) is 24.9 Å². The van der Waals surface area contributed by atoms with Crippen molar-refractivity contribution < 1.29 is 0 Å². The van der Waals surface area contributed by atoms with Crippen LogP contribution in [-0.2, 0) is 24.9 Å². The van der Waals surface area contributed by atoms with Crippen LogP contribution in [-0.4, -0.2) is 8.07 Å². The largest absolute Gasteiger partial charge is 0.118 e. The topological polar surface area (TPSA) is 0 Å². The van der Waals surface area contributed by atoms with Gasteiger partial charge in [0.25, 0.3) is 0 Å². The molecule has 2 aliphatic rings. The highest BCUT2D eigenvalue weighted by molar-refractivity contribution is 6.93. The monoisotopic (exact) mass is 440 g/mol. The lowest BCUT2D eigenvalue weighted by molar-refractivity contribution is 1.13. The van der Waals surface area contributed by atoms with E-state index in [0.29, 0.717) is 0 Å². The van der Waals surface area contributed by atoms with Crippen molar-refractivity contribution in [1.29, 1.82) is 0 Å². The van der Waals surface area contributed by atoms with Crippen LogP contribution in [0.2, 0.25) is 0 Å². The van der Waals surface area contributed by atoms with Gasteiger partial charge in [0.1, 0.15) is 8.07 Å². The first-order valence-corrected chi connectivity index (χ1v) is 14.4. The van der Waals surface area contributed by atoms with Crippen molar-refractivity contribution in [1.82, 2.24) is 0 Å². The van der Waals surface area contributed by atoms with Crippen molar-refractivity contribution in [2.24, 2.45) is 0 Å². The van der Waals surface area contributed by atoms with Crippen molar-refractivity contribution in [3.63, 3.8) is 0 Å². The molecule has 4 aromatic rings. The summed E-state index contributed by atoms with van der Waals surface area (Å²) in [6.45, 7) is 0. The van der Waals surface area contributed by atoms with E-state index in [1.165, 1.54) is 33.4 Å². The summed E-state index contributed by atoms with van der Waals surface area (Å²) < 4.78 is 0. The Morgan fingerprint density at radius 2 is 0.848 bits per heavy atom. The fourth-order valence-corrected chi connectivity index (χ4v) is 11.0. The van der Waals surface area contributed by atoms with Gasteiger partial charge in [0, 0.05) is 0 Å². The molecule has 0 unspecified atom stereocenters. The minimum atomic E-state index is -2.08. The van der Waals surface area contributed by atoms with Crippen LogP contribution in [0.1, 0.15) is 33.4 Å². The first-order valence-electron chi connectivity index (χ1n) is 12.0. The van der Waals surface area contributed by atoms with E-state index in [1.807, 2.05) is 0 Å². The van der Waals surface area contributed by atoms with Crippen molar-refractivity contribution >= 4 is 20.2 Å². The van der Waals surface area contributed by atoms with Gasteiger partial charge in [-0.15, -0.1) is 0 Å². The van der Waals surface area contributed by atoms with Gasteiger partial charge >= 0.3 is 0 Å². The van der Waals surface area contributed by atoms with E-state index in [1.54, 1.807) is 10.4 Å². The predicted molar refractivity (Wildman–Crippen MR) is 142 cm³/mol. The number of allylic oxidation sites excluding steroid dienone is 2. The Morgan fingerprint density at radius 1 is 0.455 bits per heavy atom. The highest BCUT2D eigenvalue weighted by atomic mass is 28.3. The molecule has 0 bridgehead atoms. The molecule has 0 aliphatic heterocycles. The Hall–Kier alpha value is -3.42. The summed E-state index contributed by atoms with van der Waals surface area (Å²) in [4.78, 5) is 0. The van der Waals surface area contributed by atoms with E-state index in [0.717, 1.165) is 24.9 Å². The van der Waals surface area contributed by atoms with Gasteiger partial charge in [-0.3, -0.25) is 0 Å². The Labute approximate surface area is 198 Å². The van der Waals surface area contributed by atoms with Crippen LogP contribution in [0.25, 0.3) is 12.2 Å². The Morgan fingerprint density at radius 3 is 1.27 bits per heavy atom. The normalized spacial score (nSPS) is 14.4. The minimum absolute atomic E-state index is 1.09. The molecule has 0 heterocycles. The van der Waals surface area contributed by atoms with Crippen LogP contribution in [0.3, 0.4) is 0 Å². The summed E-state index contributed by atoms with van der Waals surface area (Å²) in [6, 6.07) is 42.7. The number of fused-ring (bicyclic) bond motifs is 2. The number of rotatable bonds is 6. The quantitative estimate of drug-likeness (QED) is 0.275. The number of hydrogen-bond donors (Lipinski definition) is 0. The molecule has 0 saturated heterocycles. The molecule has 0 aromatic heterocycles. The maximum absolute atomic E-state index is 2.55. The van der Waals surface area contributed by atoms with Gasteiger partial charge in [-0.05, 0) is 47.2 Å². The summed E-state index contributed by atoms with van der Waals surface area (Å²) in [6.07, 6.45) is 7.29. The van der Waals surface area contributed by atoms with Crippen molar-refractivity contribution in [3.8, 4) is 0 Å². The van der Waals surface area contributed by atoms with Crippen molar-refractivity contribution in [2.75, 3.05) is 0 Å². The fraction of sp³-hybridized carbons (Fsp3) is 0.125. The third-order valence-corrected chi connectivity index (χ3v) is 12.6. The zero-order chi connectivity index (χ0) is 22.1. The fourth-order valence-electron chi connectivity index (χ4n) is 5.79. The van der Waals surface area contributed by atoms with E-state index in [4.69, 9.17) is 0 Å². The lowest BCUT2D eigenvalue weighted by Gasteiger charge is -2.36. The molecule has 0 saturated carbocycles. The van der Waals surface area contributed by atoms with Crippen LogP contribution >= 0.6 is 0 Å². The van der Waals surface area contributed by atoms with Gasteiger partial charge in [-0.1, -0.05) is 143 Å². The van der Waals surface area contributed by atoms with Crippen LogP contribution in [0.5, 0.6) is 0 Å². The molecule has 0 spiro atoms. The highest BCUT2D eigenvalue weighted by Crippen LogP contribution is 2.42. The van der Waals surface area contributed by atoms with E-state index in [9.17, 15) is 0 Å². The molecule has 1 heteroatoms. The maximum atomic E-state index is 2.55. The molecular formula is C32H28Si.